The number of carbonyl (C=O) groups is 13. The number of ether oxygens (including phenoxy) is 1. The lowest BCUT2D eigenvalue weighted by atomic mass is 9.83. The molecule has 4 aromatic carbocycles. The summed E-state index contributed by atoms with van der Waals surface area (Å²) in [5.41, 5.74) is 6.11. The van der Waals surface area contributed by atoms with E-state index >= 15 is 0 Å². The van der Waals surface area contributed by atoms with Crippen LogP contribution in [0.5, 0.6) is 0 Å². The van der Waals surface area contributed by atoms with Crippen LogP contribution in [0.25, 0.3) is 28.3 Å². The normalized spacial score (nSPS) is 22.8. The summed E-state index contributed by atoms with van der Waals surface area (Å²) >= 11 is 6.08. The summed E-state index contributed by atoms with van der Waals surface area (Å²) in [5.74, 6) is -1.10. The van der Waals surface area contributed by atoms with Crippen molar-refractivity contribution >= 4 is 151 Å². The largest absolute Gasteiger partial charge is 0.450 e. The van der Waals surface area contributed by atoms with Crippen LogP contribution in [0, 0.1) is 26.7 Å². The zero-order valence-electron chi connectivity index (χ0n) is 86.5. The van der Waals surface area contributed by atoms with Crippen molar-refractivity contribution in [3.8, 4) is 28.3 Å². The second-order valence-electron chi connectivity index (χ2n) is 39.7. The van der Waals surface area contributed by atoms with Crippen molar-refractivity contribution in [2.75, 3.05) is 67.9 Å². The van der Waals surface area contributed by atoms with E-state index in [1.165, 1.54) is 0 Å². The Morgan fingerprint density at radius 1 is 0.418 bits per heavy atom. The van der Waals surface area contributed by atoms with E-state index in [-0.39, 0.29) is 105 Å². The van der Waals surface area contributed by atoms with Gasteiger partial charge in [-0.15, -0.1) is 35.3 Å². The molecule has 4 unspecified atom stereocenters. The van der Waals surface area contributed by atoms with Gasteiger partial charge in [-0.05, 0) is 251 Å². The Bertz CT molecular complexity index is 5530. The number of carbonyl (C=O) groups excluding carboxylic acids is 13. The van der Waals surface area contributed by atoms with Crippen molar-refractivity contribution < 1.29 is 67.1 Å². The number of nitrogens with one attached hydrogen (secondary N) is 13. The number of thiazole rings is 1. The zero-order chi connectivity index (χ0) is 105. The van der Waals surface area contributed by atoms with E-state index < -0.39 is 92.8 Å². The molecule has 4 aromatic heterocycles. The van der Waals surface area contributed by atoms with Gasteiger partial charge in [0.2, 0.25) is 70.9 Å². The first kappa shape index (κ1) is 111. The maximum atomic E-state index is 14.0. The van der Waals surface area contributed by atoms with Gasteiger partial charge < -0.3 is 88.1 Å². The third-order valence-corrected chi connectivity index (χ3v) is 33.3. The molecule has 1 saturated carbocycles. The lowest BCUT2D eigenvalue weighted by Crippen LogP contribution is -2.58. The van der Waals surface area contributed by atoms with Gasteiger partial charge in [-0.1, -0.05) is 116 Å². The topological polar surface area (TPSA) is 467 Å². The number of fused-ring (bicyclic) bond motifs is 3. The standard InChI is InChI=1S/C29H40N6O5S.3C25H34N6O3S/c1-4-40-29(39)34-28-32-22(19-12-7-5-8-13-19)26(41-28)33-25(37)21-16-11-17-35(21)27(38)23(20-14-9-6-10-15-20)31-24(36)18(2)30-3;3*1-15-14-19(31(29-15)17-10-7-6-8-11-17)28-23(33)21-25(3,4)35-20-13-9-12-18(24(34)30(20)21)27-22(32)16(2)26-5/h5,7-8,12-13,18,20-21,23,30H,4,6,9-11,14-17H2,1-3H3,(H,31,36)(H,33,37)(H,32,34,39);3*6-8,10-11,14,16,18,20-21,26H,9,12-13H2,1-5H3,(H,27,32)(H,28,33)/t18-,21-,23-;16-,18?,20?,21+;16-,18?,20+,21+;16-,18?,20-,21+/m0000/s1. The quantitative estimate of drug-likeness (QED) is 0.0217. The molecule has 13 N–H and O–H groups in total. The maximum Gasteiger partial charge on any atom is 0.413 e. The summed E-state index contributed by atoms with van der Waals surface area (Å²) in [7, 11) is 6.82. The number of thioether (sulfide) groups is 3. The highest BCUT2D eigenvalue weighted by Gasteiger charge is 2.59. The van der Waals surface area contributed by atoms with Crippen molar-refractivity contribution in [2.24, 2.45) is 5.92 Å². The second kappa shape index (κ2) is 49.6. The SMILES string of the molecule is CCOC(=O)Nc1nc(-c2ccccc2)c(NC(=O)[C@@H]2CCCN2C(=O)[C@@H](NC(=O)[C@H](C)NC)C2CCCCC2)s1.CN[C@@H](C)C(=O)NC1CCCC2SC(C)(C)[C@@H](C(=O)Nc3cc(C)nn3-c3ccccc3)N2C1=O.CN[C@@H](C)C(=O)NC1CCC[C@@H]2SC(C)(C)[C@@H](C(=O)Nc3cc(C)nn3-c3ccccc3)N2C1=O.CN[C@@H](C)C(=O)NC1CCC[C@H]2SC(C)(C)[C@@H](C(=O)Nc3cc(C)nn3-c3ccccc3)N2C1=O. The molecule has 16 rings (SSSR count). The molecule has 0 spiro atoms. The molecule has 1 aliphatic carbocycles. The number of amides is 13. The van der Waals surface area contributed by atoms with Gasteiger partial charge in [-0.25, -0.2) is 23.8 Å². The van der Waals surface area contributed by atoms with Gasteiger partial charge >= 0.3 is 6.09 Å². The predicted molar refractivity (Wildman–Crippen MR) is 571 cm³/mol. The molecule has 7 saturated heterocycles. The third kappa shape index (κ3) is 26.5. The lowest BCUT2D eigenvalue weighted by molar-refractivity contribution is -0.142. The maximum absolute atomic E-state index is 14.0. The second-order valence-corrected chi connectivity index (χ2v) is 46.2. The van der Waals surface area contributed by atoms with E-state index in [1.54, 1.807) is 132 Å². The molecule has 8 aliphatic rings. The Morgan fingerprint density at radius 3 is 1.12 bits per heavy atom. The van der Waals surface area contributed by atoms with Crippen LogP contribution in [0.3, 0.4) is 0 Å². The van der Waals surface area contributed by atoms with Crippen LogP contribution in [0.4, 0.5) is 32.4 Å². The first-order chi connectivity index (χ1) is 69.7. The van der Waals surface area contributed by atoms with Gasteiger partial charge in [-0.3, -0.25) is 62.9 Å². The van der Waals surface area contributed by atoms with Crippen molar-refractivity contribution in [3.63, 3.8) is 0 Å². The van der Waals surface area contributed by atoms with Gasteiger partial charge in [0, 0.05) is 44.5 Å². The minimum absolute atomic E-state index is 0.0382. The smallest absolute Gasteiger partial charge is 0.413 e. The highest BCUT2D eigenvalue weighted by atomic mass is 32.2. The van der Waals surface area contributed by atoms with E-state index in [0.29, 0.717) is 66.8 Å². The van der Waals surface area contributed by atoms with E-state index in [9.17, 15) is 62.3 Å². The Kier molecular flexibility index (Phi) is 37.8. The van der Waals surface area contributed by atoms with Gasteiger partial charge in [0.15, 0.2) is 5.13 Å². The predicted octanol–water partition coefficient (Wildman–Crippen LogP) is 11.3. The average molecular weight is 2080 g/mol. The van der Waals surface area contributed by atoms with Crippen molar-refractivity contribution in [1.29, 1.82) is 0 Å². The first-order valence-corrected chi connectivity index (χ1v) is 53.9. The monoisotopic (exact) mass is 2080 g/mol. The molecule has 8 aromatic rings. The number of aromatic nitrogens is 7. The molecule has 13 amide bonds. The van der Waals surface area contributed by atoms with E-state index in [4.69, 9.17) is 4.74 Å². The average Bonchev–Trinajstić information content (AvgIpc) is 1.60. The van der Waals surface area contributed by atoms with Crippen LogP contribution in [0.15, 0.2) is 140 Å². The third-order valence-electron chi connectivity index (χ3n) is 27.7. The van der Waals surface area contributed by atoms with Gasteiger partial charge in [-0.2, -0.15) is 15.3 Å². The van der Waals surface area contributed by atoms with Gasteiger partial charge in [0.1, 0.15) is 76.5 Å². The fraction of sp³-hybridized carbons (Fsp3) is 0.529. The number of nitrogens with zero attached hydrogens (tertiary/aromatic N) is 11. The number of aryl methyl sites for hydroxylation is 3. The van der Waals surface area contributed by atoms with Crippen LogP contribution in [-0.4, -0.2) is 275 Å². The number of hydrogen-bond donors (Lipinski definition) is 13. The van der Waals surface area contributed by atoms with E-state index in [2.05, 4.69) is 89.4 Å². The van der Waals surface area contributed by atoms with Crippen LogP contribution in [0.2, 0.25) is 0 Å². The Balaban J connectivity index is 0.000000163. The fourth-order valence-electron chi connectivity index (χ4n) is 19.8. The van der Waals surface area contributed by atoms with Crippen molar-refractivity contribution in [1.82, 2.24) is 96.5 Å². The molecule has 0 radical (unpaired) electrons. The lowest BCUT2D eigenvalue weighted by Gasteiger charge is -2.35. The molecule has 786 valence electrons. The Morgan fingerprint density at radius 2 is 0.767 bits per heavy atom. The molecule has 42 heteroatoms. The Hall–Kier alpha value is -12.1. The first-order valence-electron chi connectivity index (χ1n) is 50.5. The van der Waals surface area contributed by atoms with Crippen LogP contribution < -0.4 is 69.1 Å². The minimum Gasteiger partial charge on any atom is -0.450 e. The molecule has 15 atom stereocenters. The van der Waals surface area contributed by atoms with Gasteiger partial charge in [0.05, 0.1) is 81.0 Å². The molecule has 146 heavy (non-hydrogen) atoms. The minimum atomic E-state index is -0.691. The molecule has 0 bridgehead atoms. The summed E-state index contributed by atoms with van der Waals surface area (Å²) in [4.78, 5) is 184. The number of anilines is 5. The van der Waals surface area contributed by atoms with Gasteiger partial charge in [0.25, 0.3) is 0 Å². The molecular formula is C104H142N24O14S4. The number of para-hydroxylation sites is 3. The van der Waals surface area contributed by atoms with Crippen LogP contribution >= 0.6 is 46.6 Å². The van der Waals surface area contributed by atoms with E-state index in [1.807, 2.05) is 202 Å². The molecule has 11 heterocycles. The highest BCUT2D eigenvalue weighted by Crippen LogP contribution is 2.52. The number of likely N-dealkylation sites (tertiary alicyclic amines) is 1. The highest BCUT2D eigenvalue weighted by molar-refractivity contribution is 8.02. The summed E-state index contributed by atoms with van der Waals surface area (Å²) < 4.78 is 8.58. The van der Waals surface area contributed by atoms with Crippen LogP contribution in [-0.2, 0) is 62.3 Å². The van der Waals surface area contributed by atoms with Crippen LogP contribution in [0.1, 0.15) is 196 Å². The molecular weight excluding hydrogens is 1940 g/mol. The summed E-state index contributed by atoms with van der Waals surface area (Å²) in [6.07, 6.45) is 11.9. The molecule has 8 fully saturated rings. The summed E-state index contributed by atoms with van der Waals surface area (Å²) in [6.45, 7) is 27.0. The van der Waals surface area contributed by atoms with Crippen molar-refractivity contribution in [3.05, 3.63) is 157 Å². The summed E-state index contributed by atoms with van der Waals surface area (Å²) in [6, 6.07) is 36.6. The molecule has 7 aliphatic heterocycles. The van der Waals surface area contributed by atoms with E-state index in [0.717, 1.165) is 122 Å². The fourth-order valence-corrected chi connectivity index (χ4v) is 25.7. The number of rotatable bonds is 28. The number of hydrogen-bond acceptors (Lipinski definition) is 26. The summed E-state index contributed by atoms with van der Waals surface area (Å²) in [5, 5.41) is 52.1. The van der Waals surface area contributed by atoms with Crippen molar-refractivity contribution in [2.45, 2.75) is 303 Å². The number of likely N-dealkylation sites (N-methyl/N-ethyl adjacent to an activating group) is 4. The molecule has 38 nitrogen and oxygen atoms in total. The zero-order valence-corrected chi connectivity index (χ0v) is 89.8. The Labute approximate surface area is 870 Å². The number of benzene rings is 4.